The van der Waals surface area contributed by atoms with Crippen molar-refractivity contribution in [3.8, 4) is 11.5 Å². The molecule has 0 spiro atoms. The maximum Gasteiger partial charge on any atom is 0.511 e. The lowest BCUT2D eigenvalue weighted by Gasteiger charge is -2.17. The Bertz CT molecular complexity index is 939. The molecule has 1 atom stereocenters. The van der Waals surface area contributed by atoms with Gasteiger partial charge in [0.2, 0.25) is 5.91 Å². The lowest BCUT2D eigenvalue weighted by atomic mass is 10.0. The molecule has 0 bridgehead atoms. The summed E-state index contributed by atoms with van der Waals surface area (Å²) in [5, 5.41) is 19.9. The number of nitrogens with one attached hydrogen (secondary N) is 1. The quantitative estimate of drug-likeness (QED) is 0.281. The normalized spacial score (nSPS) is 11.2. The van der Waals surface area contributed by atoms with Crippen LogP contribution in [0.5, 0.6) is 11.5 Å². The Balaban J connectivity index is 1.91. The number of aliphatic hydroxyl groups is 1. The fraction of sp³-hybridized carbons (Fsp3) is 0.273. The van der Waals surface area contributed by atoms with Gasteiger partial charge in [-0.3, -0.25) is 4.79 Å². The monoisotopic (exact) mass is 445 g/mol. The summed E-state index contributed by atoms with van der Waals surface area (Å²) >= 11 is 0. The maximum absolute atomic E-state index is 12.4. The fourth-order valence-corrected chi connectivity index (χ4v) is 2.78. The Morgan fingerprint density at radius 1 is 0.906 bits per heavy atom. The van der Waals surface area contributed by atoms with Gasteiger partial charge < -0.3 is 29.7 Å². The molecule has 0 aliphatic rings. The van der Waals surface area contributed by atoms with Gasteiger partial charge in [0.15, 0.2) is 0 Å². The molecule has 0 radical (unpaired) electrons. The van der Waals surface area contributed by atoms with Gasteiger partial charge in [0, 0.05) is 12.8 Å². The van der Waals surface area contributed by atoms with Gasteiger partial charge in [-0.1, -0.05) is 24.3 Å². The molecule has 1 unspecified atom stereocenters. The lowest BCUT2D eigenvalue weighted by molar-refractivity contribution is -0.145. The molecule has 10 heteroatoms. The number of aryl methyl sites for hydroxylation is 1. The molecule has 2 aromatic rings. The van der Waals surface area contributed by atoms with E-state index in [1.807, 2.05) is 0 Å². The molecule has 0 aliphatic heterocycles. The molecular weight excluding hydrogens is 422 g/mol. The molecular formula is C22H23NO9. The minimum atomic E-state index is -1.43. The molecule has 3 N–H and O–H groups in total. The Morgan fingerprint density at radius 3 is 2.00 bits per heavy atom. The van der Waals surface area contributed by atoms with E-state index in [9.17, 15) is 19.2 Å². The van der Waals surface area contributed by atoms with Gasteiger partial charge in [0.1, 0.15) is 24.1 Å². The first-order valence-electron chi connectivity index (χ1n) is 9.58. The maximum atomic E-state index is 12.4. The van der Waals surface area contributed by atoms with E-state index in [-0.39, 0.29) is 30.2 Å². The van der Waals surface area contributed by atoms with Crippen molar-refractivity contribution < 1.29 is 43.6 Å². The summed E-state index contributed by atoms with van der Waals surface area (Å²) in [4.78, 5) is 46.1. The highest BCUT2D eigenvalue weighted by atomic mass is 16.7. The van der Waals surface area contributed by atoms with Crippen LogP contribution in [0.3, 0.4) is 0 Å². The zero-order chi connectivity index (χ0) is 23.5. The number of rotatable bonds is 10. The van der Waals surface area contributed by atoms with E-state index in [0.29, 0.717) is 12.0 Å². The molecule has 2 rings (SSSR count). The number of hydrogen-bond donors (Lipinski definition) is 3. The van der Waals surface area contributed by atoms with Crippen molar-refractivity contribution in [3.05, 3.63) is 59.7 Å². The summed E-state index contributed by atoms with van der Waals surface area (Å²) < 4.78 is 14.2. The number of ether oxygens (including phenoxy) is 3. The van der Waals surface area contributed by atoms with Crippen LogP contribution in [0.1, 0.15) is 17.5 Å². The topological polar surface area (TPSA) is 148 Å². The van der Waals surface area contributed by atoms with Crippen LogP contribution >= 0.6 is 0 Å². The van der Waals surface area contributed by atoms with Crippen LogP contribution in [0.15, 0.2) is 48.5 Å². The van der Waals surface area contributed by atoms with E-state index in [2.05, 4.69) is 10.1 Å². The number of carboxylic acid groups (broad SMARTS) is 1. The Hall–Kier alpha value is -3.92. The van der Waals surface area contributed by atoms with Gasteiger partial charge in [-0.05, 0) is 41.8 Å². The van der Waals surface area contributed by atoms with Crippen molar-refractivity contribution in [2.75, 3.05) is 13.7 Å². The van der Waals surface area contributed by atoms with Crippen molar-refractivity contribution in [1.82, 2.24) is 5.32 Å². The second-order valence-corrected chi connectivity index (χ2v) is 6.64. The van der Waals surface area contributed by atoms with Crippen LogP contribution in [0.4, 0.5) is 4.79 Å². The molecule has 32 heavy (non-hydrogen) atoms. The first-order valence-corrected chi connectivity index (χ1v) is 9.58. The molecule has 2 aromatic carbocycles. The van der Waals surface area contributed by atoms with Crippen LogP contribution in [0.25, 0.3) is 0 Å². The van der Waals surface area contributed by atoms with E-state index in [1.54, 1.807) is 36.4 Å². The summed E-state index contributed by atoms with van der Waals surface area (Å²) in [6.45, 7) is -0.719. The van der Waals surface area contributed by atoms with Crippen molar-refractivity contribution in [3.63, 3.8) is 0 Å². The minimum Gasteiger partial charge on any atom is -0.467 e. The average Bonchev–Trinajstić information content (AvgIpc) is 2.78. The number of carbonyl (C=O) groups is 4. The second kappa shape index (κ2) is 12.1. The predicted molar refractivity (Wildman–Crippen MR) is 110 cm³/mol. The SMILES string of the molecule is COC(=O)C(Cc1ccc(OC(=O)O)cc1)NC(=O)CCc1ccc(OC(=O)CO)cc1. The third-order valence-electron chi connectivity index (χ3n) is 4.31. The van der Waals surface area contributed by atoms with Crippen LogP contribution in [-0.4, -0.2) is 54.0 Å². The Labute approximate surface area is 183 Å². The molecule has 0 heterocycles. The smallest absolute Gasteiger partial charge is 0.467 e. The van der Waals surface area contributed by atoms with Crippen LogP contribution in [-0.2, 0) is 32.0 Å². The van der Waals surface area contributed by atoms with Crippen molar-refractivity contribution >= 4 is 24.0 Å². The number of hydrogen-bond acceptors (Lipinski definition) is 8. The number of esters is 2. The number of amides is 1. The van der Waals surface area contributed by atoms with E-state index < -0.39 is 30.7 Å². The fourth-order valence-electron chi connectivity index (χ4n) is 2.78. The summed E-state index contributed by atoms with van der Waals surface area (Å²) in [6.07, 6.45) is -0.793. The number of carbonyl (C=O) groups excluding carboxylic acids is 3. The third-order valence-corrected chi connectivity index (χ3v) is 4.31. The first kappa shape index (κ1) is 24.4. The van der Waals surface area contributed by atoms with Gasteiger partial charge in [-0.2, -0.15) is 0 Å². The lowest BCUT2D eigenvalue weighted by Crippen LogP contribution is -2.43. The summed E-state index contributed by atoms with van der Waals surface area (Å²) in [5.41, 5.74) is 1.49. The molecule has 0 fully saturated rings. The molecule has 10 nitrogen and oxygen atoms in total. The summed E-state index contributed by atoms with van der Waals surface area (Å²) in [5.74, 6) is -1.32. The largest absolute Gasteiger partial charge is 0.511 e. The number of aliphatic hydroxyl groups excluding tert-OH is 1. The van der Waals surface area contributed by atoms with E-state index in [4.69, 9.17) is 19.7 Å². The van der Waals surface area contributed by atoms with E-state index in [1.165, 1.54) is 19.2 Å². The standard InChI is InChI=1S/C22H23NO9/c1-30-21(27)18(12-15-4-9-17(10-5-15)32-22(28)29)23-19(25)11-6-14-2-7-16(8-3-14)31-20(26)13-24/h2-5,7-10,18,24H,6,11-13H2,1H3,(H,23,25)(H,28,29). The molecule has 0 saturated carbocycles. The van der Waals surface area contributed by atoms with Crippen LogP contribution in [0.2, 0.25) is 0 Å². The zero-order valence-corrected chi connectivity index (χ0v) is 17.3. The van der Waals surface area contributed by atoms with Crippen LogP contribution in [0, 0.1) is 0 Å². The van der Waals surface area contributed by atoms with Gasteiger partial charge in [0.05, 0.1) is 7.11 Å². The minimum absolute atomic E-state index is 0.106. The van der Waals surface area contributed by atoms with E-state index in [0.717, 1.165) is 5.56 Å². The summed E-state index contributed by atoms with van der Waals surface area (Å²) in [6, 6.07) is 11.6. The average molecular weight is 445 g/mol. The van der Waals surface area contributed by atoms with Crippen molar-refractivity contribution in [2.24, 2.45) is 0 Å². The molecule has 170 valence electrons. The molecule has 1 amide bonds. The first-order chi connectivity index (χ1) is 15.3. The molecule has 0 saturated heterocycles. The van der Waals surface area contributed by atoms with Gasteiger partial charge in [-0.15, -0.1) is 0 Å². The molecule has 0 aliphatic carbocycles. The third kappa shape index (κ3) is 8.07. The van der Waals surface area contributed by atoms with Crippen molar-refractivity contribution in [2.45, 2.75) is 25.3 Å². The summed E-state index contributed by atoms with van der Waals surface area (Å²) in [7, 11) is 1.22. The van der Waals surface area contributed by atoms with Crippen molar-refractivity contribution in [1.29, 1.82) is 0 Å². The van der Waals surface area contributed by atoms with Gasteiger partial charge >= 0.3 is 18.1 Å². The Kier molecular flexibility index (Phi) is 9.18. The zero-order valence-electron chi connectivity index (χ0n) is 17.3. The molecule has 0 aromatic heterocycles. The van der Waals surface area contributed by atoms with Gasteiger partial charge in [-0.25, -0.2) is 14.4 Å². The highest BCUT2D eigenvalue weighted by Crippen LogP contribution is 2.15. The van der Waals surface area contributed by atoms with Crippen LogP contribution < -0.4 is 14.8 Å². The second-order valence-electron chi connectivity index (χ2n) is 6.64. The highest BCUT2D eigenvalue weighted by molar-refractivity contribution is 5.84. The number of benzene rings is 2. The van der Waals surface area contributed by atoms with Gasteiger partial charge in [0.25, 0.3) is 0 Å². The predicted octanol–water partition coefficient (Wildman–Crippen LogP) is 1.47. The Morgan fingerprint density at radius 2 is 1.47 bits per heavy atom. The van der Waals surface area contributed by atoms with E-state index >= 15 is 0 Å². The highest BCUT2D eigenvalue weighted by Gasteiger charge is 2.22. The number of methoxy groups -OCH3 is 1.